The molecule has 1 aliphatic heterocycles. The van der Waals surface area contributed by atoms with Crippen LogP contribution in [0.1, 0.15) is 25.7 Å². The van der Waals surface area contributed by atoms with Crippen molar-refractivity contribution < 1.29 is 16.8 Å². The molecule has 6 nitrogen and oxygen atoms in total. The van der Waals surface area contributed by atoms with E-state index in [-0.39, 0.29) is 29.4 Å². The summed E-state index contributed by atoms with van der Waals surface area (Å²) < 4.78 is 50.9. The van der Waals surface area contributed by atoms with E-state index in [1.54, 1.807) is 12.1 Å². The van der Waals surface area contributed by atoms with Gasteiger partial charge in [0, 0.05) is 13.1 Å². The second-order valence-corrected chi connectivity index (χ2v) is 10.5. The first kappa shape index (κ1) is 15.8. The van der Waals surface area contributed by atoms with Crippen LogP contribution in [0.15, 0.2) is 29.2 Å². The Morgan fingerprint density at radius 1 is 1.09 bits per heavy atom. The van der Waals surface area contributed by atoms with Gasteiger partial charge in [-0.1, -0.05) is 18.6 Å². The largest absolute Gasteiger partial charge is 0.398 e. The minimum Gasteiger partial charge on any atom is -0.398 e. The number of para-hydroxylation sites is 1. The molecule has 2 N–H and O–H groups in total. The molecule has 1 aliphatic carbocycles. The molecule has 122 valence electrons. The minimum atomic E-state index is -3.76. The summed E-state index contributed by atoms with van der Waals surface area (Å²) in [5.74, 6) is -0.112. The first-order valence-electron chi connectivity index (χ1n) is 7.36. The molecule has 22 heavy (non-hydrogen) atoms. The molecular weight excluding hydrogens is 324 g/mol. The smallest absolute Gasteiger partial charge is 0.245 e. The third-order valence-corrected chi connectivity index (χ3v) is 9.51. The van der Waals surface area contributed by atoms with Crippen LogP contribution in [0.2, 0.25) is 0 Å². The van der Waals surface area contributed by atoms with Gasteiger partial charge >= 0.3 is 0 Å². The standard InChI is InChI=1S/C14H20N2O4S2/c15-12-4-1-2-5-13(12)22(19,20)16-9-8-14(6-3-7-14)21(17,18)11-10-16/h1-2,4-5H,3,6-11,15H2. The Balaban J connectivity index is 1.92. The van der Waals surface area contributed by atoms with E-state index in [1.807, 2.05) is 0 Å². The average Bonchev–Trinajstić information content (AvgIpc) is 2.54. The molecule has 1 spiro atoms. The normalized spacial score (nSPS) is 24.5. The summed E-state index contributed by atoms with van der Waals surface area (Å²) in [5, 5.41) is 0. The van der Waals surface area contributed by atoms with Gasteiger partial charge in [0.05, 0.1) is 16.2 Å². The summed E-state index contributed by atoms with van der Waals surface area (Å²) in [7, 11) is -7.00. The van der Waals surface area contributed by atoms with Crippen molar-refractivity contribution in [2.45, 2.75) is 35.3 Å². The second-order valence-electron chi connectivity index (χ2n) is 6.05. The Hall–Kier alpha value is -1.12. The SMILES string of the molecule is Nc1ccccc1S(=O)(=O)N1CCC2(CCC2)S(=O)(=O)CC1. The summed E-state index contributed by atoms with van der Waals surface area (Å²) in [6.07, 6.45) is 2.58. The maximum atomic E-state index is 12.7. The Labute approximate surface area is 131 Å². The maximum absolute atomic E-state index is 12.7. The molecule has 1 aromatic carbocycles. The Kier molecular flexibility index (Phi) is 3.73. The van der Waals surface area contributed by atoms with Gasteiger partial charge in [-0.2, -0.15) is 4.31 Å². The number of hydrogen-bond donors (Lipinski definition) is 1. The number of anilines is 1. The van der Waals surface area contributed by atoms with Gasteiger partial charge < -0.3 is 5.73 Å². The lowest BCUT2D eigenvalue weighted by Gasteiger charge is -2.40. The third kappa shape index (κ3) is 2.33. The van der Waals surface area contributed by atoms with E-state index < -0.39 is 24.6 Å². The molecule has 8 heteroatoms. The zero-order valence-corrected chi connectivity index (χ0v) is 13.9. The zero-order chi connectivity index (χ0) is 16.0. The number of sulfonamides is 1. The van der Waals surface area contributed by atoms with Gasteiger partial charge in [0.25, 0.3) is 0 Å². The summed E-state index contributed by atoms with van der Waals surface area (Å²) in [5.41, 5.74) is 5.96. The fourth-order valence-electron chi connectivity index (χ4n) is 3.26. The number of hydrogen-bond acceptors (Lipinski definition) is 5. The molecule has 2 fully saturated rings. The predicted octanol–water partition coefficient (Wildman–Crippen LogP) is 1.00. The van der Waals surface area contributed by atoms with Crippen LogP contribution in [-0.4, -0.2) is 44.7 Å². The Bertz CT molecular complexity index is 783. The predicted molar refractivity (Wildman–Crippen MR) is 84.6 cm³/mol. The highest BCUT2D eigenvalue weighted by molar-refractivity contribution is 7.93. The summed E-state index contributed by atoms with van der Waals surface area (Å²) in [6.45, 7) is 0.233. The maximum Gasteiger partial charge on any atom is 0.245 e. The molecule has 1 saturated carbocycles. The summed E-state index contributed by atoms with van der Waals surface area (Å²) in [6, 6.07) is 6.29. The van der Waals surface area contributed by atoms with Crippen LogP contribution < -0.4 is 5.73 Å². The quantitative estimate of drug-likeness (QED) is 0.807. The first-order chi connectivity index (χ1) is 10.3. The molecule has 1 aromatic rings. The average molecular weight is 344 g/mol. The van der Waals surface area contributed by atoms with Crippen molar-refractivity contribution in [3.63, 3.8) is 0 Å². The van der Waals surface area contributed by atoms with Crippen LogP contribution >= 0.6 is 0 Å². The molecule has 0 bridgehead atoms. The van der Waals surface area contributed by atoms with Crippen LogP contribution in [0.4, 0.5) is 5.69 Å². The number of nitrogens with two attached hydrogens (primary N) is 1. The van der Waals surface area contributed by atoms with Crippen molar-refractivity contribution in [2.24, 2.45) is 0 Å². The number of nitrogen functional groups attached to an aromatic ring is 1. The van der Waals surface area contributed by atoms with Crippen LogP contribution in [0.25, 0.3) is 0 Å². The molecule has 2 aliphatic rings. The number of benzene rings is 1. The van der Waals surface area contributed by atoms with Gasteiger partial charge in [-0.25, -0.2) is 16.8 Å². The number of rotatable bonds is 2. The molecule has 1 heterocycles. The molecule has 0 atom stereocenters. The van der Waals surface area contributed by atoms with E-state index in [0.717, 1.165) is 6.42 Å². The van der Waals surface area contributed by atoms with Crippen molar-refractivity contribution in [1.29, 1.82) is 0 Å². The molecule has 0 amide bonds. The third-order valence-electron chi connectivity index (χ3n) is 4.89. The van der Waals surface area contributed by atoms with E-state index in [4.69, 9.17) is 5.73 Å². The molecule has 1 saturated heterocycles. The van der Waals surface area contributed by atoms with Gasteiger partial charge in [-0.3, -0.25) is 0 Å². The monoisotopic (exact) mass is 344 g/mol. The molecule has 0 unspecified atom stereocenters. The van der Waals surface area contributed by atoms with E-state index in [2.05, 4.69) is 0 Å². The van der Waals surface area contributed by atoms with Crippen molar-refractivity contribution in [3.05, 3.63) is 24.3 Å². The Morgan fingerprint density at radius 2 is 1.77 bits per heavy atom. The summed E-state index contributed by atoms with van der Waals surface area (Å²) in [4.78, 5) is 0.0527. The molecule has 0 aromatic heterocycles. The highest BCUT2D eigenvalue weighted by Gasteiger charge is 2.50. The topological polar surface area (TPSA) is 97.5 Å². The van der Waals surface area contributed by atoms with Crippen molar-refractivity contribution in [1.82, 2.24) is 4.31 Å². The van der Waals surface area contributed by atoms with Crippen LogP contribution in [0.5, 0.6) is 0 Å². The highest BCUT2D eigenvalue weighted by atomic mass is 32.2. The molecule has 0 radical (unpaired) electrons. The fourth-order valence-corrected chi connectivity index (χ4v) is 7.14. The lowest BCUT2D eigenvalue weighted by Crippen LogP contribution is -2.46. The highest BCUT2D eigenvalue weighted by Crippen LogP contribution is 2.44. The molecular formula is C14H20N2O4S2. The van der Waals surface area contributed by atoms with E-state index >= 15 is 0 Å². The van der Waals surface area contributed by atoms with Gasteiger partial charge in [0.2, 0.25) is 10.0 Å². The zero-order valence-electron chi connectivity index (χ0n) is 12.2. The molecule has 3 rings (SSSR count). The van der Waals surface area contributed by atoms with Gasteiger partial charge in [-0.05, 0) is 31.4 Å². The summed E-state index contributed by atoms with van der Waals surface area (Å²) >= 11 is 0. The van der Waals surface area contributed by atoms with E-state index in [9.17, 15) is 16.8 Å². The Morgan fingerprint density at radius 3 is 2.36 bits per heavy atom. The lowest BCUT2D eigenvalue weighted by atomic mass is 9.82. The van der Waals surface area contributed by atoms with Crippen LogP contribution in [0.3, 0.4) is 0 Å². The lowest BCUT2D eigenvalue weighted by molar-refractivity contribution is 0.302. The van der Waals surface area contributed by atoms with E-state index in [1.165, 1.54) is 16.4 Å². The van der Waals surface area contributed by atoms with Gasteiger partial charge in [0.1, 0.15) is 4.90 Å². The van der Waals surface area contributed by atoms with Crippen molar-refractivity contribution in [3.8, 4) is 0 Å². The minimum absolute atomic E-state index is 0.000745. The van der Waals surface area contributed by atoms with Crippen LogP contribution in [-0.2, 0) is 19.9 Å². The van der Waals surface area contributed by atoms with Gasteiger partial charge in [-0.15, -0.1) is 0 Å². The first-order valence-corrected chi connectivity index (χ1v) is 10.4. The van der Waals surface area contributed by atoms with Crippen LogP contribution in [0, 0.1) is 0 Å². The van der Waals surface area contributed by atoms with Crippen molar-refractivity contribution in [2.75, 3.05) is 24.6 Å². The number of sulfone groups is 1. The number of nitrogens with zero attached hydrogens (tertiary/aromatic N) is 1. The fraction of sp³-hybridized carbons (Fsp3) is 0.571. The van der Waals surface area contributed by atoms with E-state index in [0.29, 0.717) is 19.3 Å². The van der Waals surface area contributed by atoms with Crippen molar-refractivity contribution >= 4 is 25.5 Å². The van der Waals surface area contributed by atoms with Gasteiger partial charge in [0.15, 0.2) is 9.84 Å². The second kappa shape index (κ2) is 5.21.